The quantitative estimate of drug-likeness (QED) is 0.727. The first kappa shape index (κ1) is 10.3. The zero-order chi connectivity index (χ0) is 10.6. The van der Waals surface area contributed by atoms with E-state index in [1.54, 1.807) is 0 Å². The van der Waals surface area contributed by atoms with E-state index in [1.165, 1.54) is 6.20 Å². The zero-order valence-electron chi connectivity index (χ0n) is 7.73. The van der Waals surface area contributed by atoms with Crippen molar-refractivity contribution in [2.24, 2.45) is 0 Å². The van der Waals surface area contributed by atoms with Crippen molar-refractivity contribution in [1.82, 2.24) is 9.97 Å². The van der Waals surface area contributed by atoms with E-state index in [9.17, 15) is 9.59 Å². The van der Waals surface area contributed by atoms with Crippen molar-refractivity contribution in [2.75, 3.05) is 0 Å². The van der Waals surface area contributed by atoms with Gasteiger partial charge in [-0.05, 0) is 6.42 Å². The fraction of sp³-hybridized carbons (Fsp3) is 0.333. The largest absolute Gasteiger partial charge is 0.476 e. The minimum absolute atomic E-state index is 0.114. The van der Waals surface area contributed by atoms with E-state index >= 15 is 0 Å². The standard InChI is InChI=1S/C9H10N2O3/c1-2-3-8(12)6-4-11-7(5-10-6)9(13)14/h4-5H,2-3H2,1H3,(H,13,14). The number of hydrogen-bond acceptors (Lipinski definition) is 4. The molecule has 5 nitrogen and oxygen atoms in total. The highest BCUT2D eigenvalue weighted by Crippen LogP contribution is 2.01. The number of aromatic carboxylic acids is 1. The van der Waals surface area contributed by atoms with Crippen molar-refractivity contribution in [3.05, 3.63) is 23.8 Å². The van der Waals surface area contributed by atoms with E-state index in [-0.39, 0.29) is 17.2 Å². The normalized spacial score (nSPS) is 9.79. The Morgan fingerprint density at radius 1 is 1.29 bits per heavy atom. The maximum atomic E-state index is 11.3. The highest BCUT2D eigenvalue weighted by molar-refractivity contribution is 5.94. The summed E-state index contributed by atoms with van der Waals surface area (Å²) < 4.78 is 0. The van der Waals surface area contributed by atoms with Crippen LogP contribution in [0.2, 0.25) is 0 Å². The van der Waals surface area contributed by atoms with Crippen molar-refractivity contribution < 1.29 is 14.7 Å². The van der Waals surface area contributed by atoms with Crippen LogP contribution < -0.4 is 0 Å². The van der Waals surface area contributed by atoms with Gasteiger partial charge in [-0.1, -0.05) is 6.92 Å². The Morgan fingerprint density at radius 3 is 2.29 bits per heavy atom. The molecule has 5 heteroatoms. The Hall–Kier alpha value is -1.78. The zero-order valence-corrected chi connectivity index (χ0v) is 7.73. The number of carboxylic acids is 1. The lowest BCUT2D eigenvalue weighted by Gasteiger charge is -1.97. The molecule has 0 fully saturated rings. The molecule has 0 spiro atoms. The molecule has 0 atom stereocenters. The molecule has 1 aromatic rings. The minimum Gasteiger partial charge on any atom is -0.476 e. The summed E-state index contributed by atoms with van der Waals surface area (Å²) >= 11 is 0. The Bertz CT molecular complexity index is 346. The molecule has 0 aliphatic carbocycles. The number of carboxylic acid groups (broad SMARTS) is 1. The molecule has 0 unspecified atom stereocenters. The second-order valence-corrected chi connectivity index (χ2v) is 2.77. The van der Waals surface area contributed by atoms with Crippen molar-refractivity contribution >= 4 is 11.8 Å². The van der Waals surface area contributed by atoms with Gasteiger partial charge in [-0.15, -0.1) is 0 Å². The molecule has 0 radical (unpaired) electrons. The van der Waals surface area contributed by atoms with Crippen LogP contribution in [-0.4, -0.2) is 26.8 Å². The molecule has 0 aliphatic heterocycles. The molecule has 1 N–H and O–H groups in total. The van der Waals surface area contributed by atoms with Crippen molar-refractivity contribution in [2.45, 2.75) is 19.8 Å². The molecule has 0 aromatic carbocycles. The van der Waals surface area contributed by atoms with Gasteiger partial charge in [-0.25, -0.2) is 14.8 Å². The van der Waals surface area contributed by atoms with Crippen molar-refractivity contribution in [3.8, 4) is 0 Å². The summed E-state index contributed by atoms with van der Waals surface area (Å²) in [6, 6.07) is 0. The molecule has 74 valence electrons. The number of ketones is 1. The molecule has 0 aliphatic rings. The highest BCUT2D eigenvalue weighted by Gasteiger charge is 2.09. The third kappa shape index (κ3) is 2.35. The van der Waals surface area contributed by atoms with Gasteiger partial charge >= 0.3 is 5.97 Å². The molecule has 1 heterocycles. The molecule has 1 rings (SSSR count). The van der Waals surface area contributed by atoms with E-state index < -0.39 is 5.97 Å². The van der Waals surface area contributed by atoms with E-state index in [1.807, 2.05) is 6.92 Å². The molecule has 0 saturated carbocycles. The topological polar surface area (TPSA) is 80.2 Å². The third-order valence-corrected chi connectivity index (χ3v) is 1.63. The van der Waals surface area contributed by atoms with E-state index in [0.29, 0.717) is 6.42 Å². The second-order valence-electron chi connectivity index (χ2n) is 2.77. The van der Waals surface area contributed by atoms with E-state index in [2.05, 4.69) is 9.97 Å². The molecule has 14 heavy (non-hydrogen) atoms. The smallest absolute Gasteiger partial charge is 0.356 e. The number of Topliss-reactive ketones (excluding diaryl/α,β-unsaturated/α-hetero) is 1. The number of nitrogens with zero attached hydrogens (tertiary/aromatic N) is 2. The lowest BCUT2D eigenvalue weighted by atomic mass is 10.2. The summed E-state index contributed by atoms with van der Waals surface area (Å²) in [5, 5.41) is 8.53. The Balaban J connectivity index is 2.83. The average Bonchev–Trinajstić information content (AvgIpc) is 2.18. The number of carbonyl (C=O) groups is 2. The summed E-state index contributed by atoms with van der Waals surface area (Å²) in [6.45, 7) is 1.89. The van der Waals surface area contributed by atoms with Crippen LogP contribution in [0.25, 0.3) is 0 Å². The molecule has 1 aromatic heterocycles. The fourth-order valence-corrected chi connectivity index (χ4v) is 0.938. The number of hydrogen-bond donors (Lipinski definition) is 1. The average molecular weight is 194 g/mol. The Labute approximate surface area is 80.8 Å². The van der Waals surface area contributed by atoms with Crippen LogP contribution in [0.1, 0.15) is 40.7 Å². The van der Waals surface area contributed by atoms with Gasteiger partial charge in [0.2, 0.25) is 0 Å². The van der Waals surface area contributed by atoms with E-state index in [4.69, 9.17) is 5.11 Å². The van der Waals surface area contributed by atoms with Gasteiger partial charge in [-0.2, -0.15) is 0 Å². The fourth-order valence-electron chi connectivity index (χ4n) is 0.938. The highest BCUT2D eigenvalue weighted by atomic mass is 16.4. The Kier molecular flexibility index (Phi) is 3.28. The molecule has 0 amide bonds. The van der Waals surface area contributed by atoms with Gasteiger partial charge < -0.3 is 5.11 Å². The molecule has 0 bridgehead atoms. The SMILES string of the molecule is CCCC(=O)c1cnc(C(=O)O)cn1. The minimum atomic E-state index is -1.15. The van der Waals surface area contributed by atoms with Crippen LogP contribution >= 0.6 is 0 Å². The molecular formula is C9H10N2O3. The maximum absolute atomic E-state index is 11.3. The van der Waals surface area contributed by atoms with Crippen LogP contribution in [0, 0.1) is 0 Å². The van der Waals surface area contributed by atoms with Gasteiger partial charge in [0.15, 0.2) is 11.5 Å². The summed E-state index contributed by atoms with van der Waals surface area (Å²) in [6.07, 6.45) is 3.43. The van der Waals surface area contributed by atoms with Crippen LogP contribution in [0.15, 0.2) is 12.4 Å². The molecular weight excluding hydrogens is 184 g/mol. The van der Waals surface area contributed by atoms with Crippen LogP contribution in [-0.2, 0) is 0 Å². The van der Waals surface area contributed by atoms with Gasteiger partial charge in [0, 0.05) is 6.42 Å². The first-order chi connectivity index (χ1) is 6.65. The lowest BCUT2D eigenvalue weighted by Crippen LogP contribution is -2.06. The van der Waals surface area contributed by atoms with Crippen LogP contribution in [0.3, 0.4) is 0 Å². The van der Waals surface area contributed by atoms with Crippen LogP contribution in [0.5, 0.6) is 0 Å². The molecule has 0 saturated heterocycles. The lowest BCUT2D eigenvalue weighted by molar-refractivity contribution is 0.0689. The van der Waals surface area contributed by atoms with Gasteiger partial charge in [0.1, 0.15) is 5.69 Å². The van der Waals surface area contributed by atoms with E-state index in [0.717, 1.165) is 12.6 Å². The maximum Gasteiger partial charge on any atom is 0.356 e. The third-order valence-electron chi connectivity index (χ3n) is 1.63. The predicted octanol–water partition coefficient (Wildman–Crippen LogP) is 1.16. The van der Waals surface area contributed by atoms with Crippen molar-refractivity contribution in [1.29, 1.82) is 0 Å². The van der Waals surface area contributed by atoms with Crippen molar-refractivity contribution in [3.63, 3.8) is 0 Å². The number of aromatic nitrogens is 2. The summed E-state index contributed by atoms with van der Waals surface area (Å²) in [5.41, 5.74) is 0.0647. The predicted molar refractivity (Wildman–Crippen MR) is 48.2 cm³/mol. The Morgan fingerprint density at radius 2 is 1.86 bits per heavy atom. The second kappa shape index (κ2) is 4.45. The summed E-state index contributed by atoms with van der Waals surface area (Å²) in [5.74, 6) is -1.26. The van der Waals surface area contributed by atoms with Gasteiger partial charge in [-0.3, -0.25) is 4.79 Å². The summed E-state index contributed by atoms with van der Waals surface area (Å²) in [4.78, 5) is 29.0. The number of rotatable bonds is 4. The first-order valence-electron chi connectivity index (χ1n) is 4.23. The summed E-state index contributed by atoms with van der Waals surface area (Å²) in [7, 11) is 0. The van der Waals surface area contributed by atoms with Gasteiger partial charge in [0.25, 0.3) is 0 Å². The monoisotopic (exact) mass is 194 g/mol. The van der Waals surface area contributed by atoms with Gasteiger partial charge in [0.05, 0.1) is 12.4 Å². The van der Waals surface area contributed by atoms with Crippen LogP contribution in [0.4, 0.5) is 0 Å². The number of carbonyl (C=O) groups excluding carboxylic acids is 1. The first-order valence-corrected chi connectivity index (χ1v) is 4.23.